The topological polar surface area (TPSA) is 52.6 Å². The summed E-state index contributed by atoms with van der Waals surface area (Å²) < 4.78 is 11.9. The molecule has 0 aromatic rings. The molecule has 0 rings (SSSR count). The van der Waals surface area contributed by atoms with Crippen molar-refractivity contribution in [3.63, 3.8) is 0 Å². The number of unbranched alkanes of at least 4 members (excludes halogenated alkanes) is 19. The van der Waals surface area contributed by atoms with Gasteiger partial charge in [0.15, 0.2) is 6.10 Å². The van der Waals surface area contributed by atoms with Gasteiger partial charge in [-0.3, -0.25) is 9.59 Å². The van der Waals surface area contributed by atoms with Crippen LogP contribution in [0.15, 0.2) is 0 Å². The standard InChI is InChI=1S/C33H66NO4.BrH/c1-6-8-10-12-14-16-18-20-22-24-26-28-37-33(36)29-31(30-34(3,4)5)38-32(35)27-25-23-21-19-17-15-13-11-9-7-2;/h31H,6-30H2,1-5H3;1H/q+1;/p-1/t31-;/m0./s1. The number of halogens is 1. The Bertz CT molecular complexity index is 550. The van der Waals surface area contributed by atoms with Crippen LogP contribution in [0.2, 0.25) is 0 Å². The van der Waals surface area contributed by atoms with Crippen LogP contribution in [0.3, 0.4) is 0 Å². The molecule has 0 unspecified atom stereocenters. The maximum Gasteiger partial charge on any atom is 0.309 e. The maximum absolute atomic E-state index is 12.4. The molecule has 0 aromatic carbocycles. The molecular formula is C33H66BrNO4. The minimum absolute atomic E-state index is 0. The van der Waals surface area contributed by atoms with Crippen molar-refractivity contribution in [2.45, 2.75) is 168 Å². The van der Waals surface area contributed by atoms with Gasteiger partial charge in [-0.2, -0.15) is 0 Å². The van der Waals surface area contributed by atoms with Crippen molar-refractivity contribution in [1.29, 1.82) is 0 Å². The molecule has 0 aliphatic carbocycles. The van der Waals surface area contributed by atoms with Gasteiger partial charge in [-0.25, -0.2) is 0 Å². The largest absolute Gasteiger partial charge is 1.00 e. The Hall–Kier alpha value is -0.620. The number of hydrogen-bond acceptors (Lipinski definition) is 4. The van der Waals surface area contributed by atoms with Gasteiger partial charge in [-0.15, -0.1) is 0 Å². The lowest BCUT2D eigenvalue weighted by atomic mass is 10.1. The molecule has 0 saturated heterocycles. The molecule has 0 aromatic heterocycles. The van der Waals surface area contributed by atoms with Gasteiger partial charge < -0.3 is 30.9 Å². The van der Waals surface area contributed by atoms with E-state index < -0.39 is 6.10 Å². The number of nitrogens with zero attached hydrogens (tertiary/aromatic N) is 1. The summed E-state index contributed by atoms with van der Waals surface area (Å²) in [5.41, 5.74) is 0. The molecule has 0 aliphatic heterocycles. The van der Waals surface area contributed by atoms with Gasteiger partial charge in [0, 0.05) is 6.42 Å². The van der Waals surface area contributed by atoms with Crippen LogP contribution in [0, 0.1) is 0 Å². The van der Waals surface area contributed by atoms with Gasteiger partial charge in [0.25, 0.3) is 0 Å². The number of likely N-dealkylation sites (N-methyl/N-ethyl adjacent to an activating group) is 1. The molecule has 0 spiro atoms. The lowest BCUT2D eigenvalue weighted by molar-refractivity contribution is -0.873. The van der Waals surface area contributed by atoms with Crippen molar-refractivity contribution >= 4 is 11.9 Å². The lowest BCUT2D eigenvalue weighted by Gasteiger charge is -2.28. The molecule has 0 N–H and O–H groups in total. The Morgan fingerprint density at radius 2 is 0.949 bits per heavy atom. The van der Waals surface area contributed by atoms with Crippen LogP contribution in [0.4, 0.5) is 0 Å². The van der Waals surface area contributed by atoms with Gasteiger partial charge >= 0.3 is 11.9 Å². The highest BCUT2D eigenvalue weighted by Gasteiger charge is 2.25. The van der Waals surface area contributed by atoms with E-state index in [9.17, 15) is 9.59 Å². The quantitative estimate of drug-likeness (QED) is 0.0597. The second-order valence-corrected chi connectivity index (χ2v) is 12.5. The van der Waals surface area contributed by atoms with E-state index in [0.29, 0.717) is 24.1 Å². The molecule has 1 atom stereocenters. The second-order valence-electron chi connectivity index (χ2n) is 12.5. The van der Waals surface area contributed by atoms with Crippen molar-refractivity contribution in [3.8, 4) is 0 Å². The van der Waals surface area contributed by atoms with E-state index in [1.165, 1.54) is 109 Å². The SMILES string of the molecule is CCCCCCCCCCCCCOC(=O)C[C@@H](C[N+](C)(C)C)OC(=O)CCCCCCCCCCCC.[Br-]. The van der Waals surface area contributed by atoms with E-state index in [4.69, 9.17) is 9.47 Å². The first-order chi connectivity index (χ1) is 18.3. The highest BCUT2D eigenvalue weighted by atomic mass is 79.9. The Labute approximate surface area is 253 Å². The zero-order chi connectivity index (χ0) is 28.3. The third-order valence-electron chi connectivity index (χ3n) is 7.19. The van der Waals surface area contributed by atoms with Gasteiger partial charge in [0.2, 0.25) is 0 Å². The smallest absolute Gasteiger partial charge is 0.309 e. The van der Waals surface area contributed by atoms with Gasteiger partial charge in [0.05, 0.1) is 34.2 Å². The molecule has 0 amide bonds. The van der Waals surface area contributed by atoms with Crippen LogP contribution < -0.4 is 17.0 Å². The van der Waals surface area contributed by atoms with Gasteiger partial charge in [-0.1, -0.05) is 136 Å². The van der Waals surface area contributed by atoms with E-state index in [0.717, 1.165) is 25.7 Å². The van der Waals surface area contributed by atoms with Crippen LogP contribution in [-0.2, 0) is 19.1 Å². The van der Waals surface area contributed by atoms with Crippen LogP contribution in [-0.4, -0.2) is 56.8 Å². The van der Waals surface area contributed by atoms with Crippen molar-refractivity contribution in [1.82, 2.24) is 0 Å². The van der Waals surface area contributed by atoms with E-state index in [2.05, 4.69) is 35.0 Å². The van der Waals surface area contributed by atoms with Gasteiger partial charge in [0.1, 0.15) is 6.54 Å². The lowest BCUT2D eigenvalue weighted by Crippen LogP contribution is -3.00. The number of quaternary nitrogens is 1. The maximum atomic E-state index is 12.4. The molecule has 5 nitrogen and oxygen atoms in total. The first-order valence-corrected chi connectivity index (χ1v) is 16.4. The normalized spacial score (nSPS) is 12.1. The summed E-state index contributed by atoms with van der Waals surface area (Å²) in [6.45, 7) is 5.59. The fourth-order valence-electron chi connectivity index (χ4n) is 4.95. The number of esters is 2. The minimum Gasteiger partial charge on any atom is -1.00 e. The monoisotopic (exact) mass is 619 g/mol. The van der Waals surface area contributed by atoms with Crippen LogP contribution in [0.1, 0.15) is 162 Å². The molecule has 234 valence electrons. The first-order valence-electron chi connectivity index (χ1n) is 16.4. The fourth-order valence-corrected chi connectivity index (χ4v) is 4.95. The molecule has 0 bridgehead atoms. The highest BCUT2D eigenvalue weighted by molar-refractivity contribution is 5.72. The molecule has 39 heavy (non-hydrogen) atoms. The predicted octanol–water partition coefficient (Wildman–Crippen LogP) is 6.16. The number of rotatable bonds is 28. The predicted molar refractivity (Wildman–Crippen MR) is 161 cm³/mol. The average Bonchev–Trinajstić information content (AvgIpc) is 2.84. The first kappa shape index (κ1) is 40.5. The number of carbonyl (C=O) groups is 2. The summed E-state index contributed by atoms with van der Waals surface area (Å²) in [5, 5.41) is 0. The number of hydrogen-bond donors (Lipinski definition) is 0. The zero-order valence-corrected chi connectivity index (χ0v) is 28.3. The second kappa shape index (κ2) is 28.9. The Morgan fingerprint density at radius 3 is 1.36 bits per heavy atom. The molecule has 0 radical (unpaired) electrons. The van der Waals surface area contributed by atoms with E-state index in [1.807, 2.05) is 0 Å². The average molecular weight is 621 g/mol. The third kappa shape index (κ3) is 31.8. The summed E-state index contributed by atoms with van der Waals surface area (Å²) in [7, 11) is 6.17. The van der Waals surface area contributed by atoms with Crippen LogP contribution in [0.5, 0.6) is 0 Å². The summed E-state index contributed by atoms with van der Waals surface area (Å²) in [6, 6.07) is 0. The van der Waals surface area contributed by atoms with Crippen molar-refractivity contribution in [3.05, 3.63) is 0 Å². The summed E-state index contributed by atoms with van der Waals surface area (Å²) >= 11 is 0. The zero-order valence-electron chi connectivity index (χ0n) is 26.7. The van der Waals surface area contributed by atoms with Crippen LogP contribution >= 0.6 is 0 Å². The molecule has 0 fully saturated rings. The Morgan fingerprint density at radius 1 is 0.564 bits per heavy atom. The van der Waals surface area contributed by atoms with Crippen molar-refractivity contribution in [2.24, 2.45) is 0 Å². The van der Waals surface area contributed by atoms with Crippen molar-refractivity contribution in [2.75, 3.05) is 34.3 Å². The van der Waals surface area contributed by atoms with E-state index >= 15 is 0 Å². The van der Waals surface area contributed by atoms with Crippen LogP contribution in [0.25, 0.3) is 0 Å². The van der Waals surface area contributed by atoms with Gasteiger partial charge in [-0.05, 0) is 12.8 Å². The molecule has 0 aliphatic rings. The Balaban J connectivity index is 0. The summed E-state index contributed by atoms with van der Waals surface area (Å²) in [4.78, 5) is 24.9. The third-order valence-corrected chi connectivity index (χ3v) is 7.19. The molecule has 0 saturated carbocycles. The number of carbonyl (C=O) groups excluding carboxylic acids is 2. The summed E-state index contributed by atoms with van der Waals surface area (Å²) in [5.74, 6) is -0.427. The highest BCUT2D eigenvalue weighted by Crippen LogP contribution is 2.14. The molecular weight excluding hydrogens is 554 g/mol. The van der Waals surface area contributed by atoms with Crippen molar-refractivity contribution < 1.29 is 40.5 Å². The van der Waals surface area contributed by atoms with E-state index in [-0.39, 0.29) is 35.3 Å². The summed E-state index contributed by atoms with van der Waals surface area (Å²) in [6.07, 6.45) is 26.6. The number of ether oxygens (including phenoxy) is 2. The van der Waals surface area contributed by atoms with E-state index in [1.54, 1.807) is 0 Å². The fraction of sp³-hybridized carbons (Fsp3) is 0.939. The molecule has 0 heterocycles. The Kier molecular flexibility index (Phi) is 30.0. The minimum atomic E-state index is -0.421. The molecule has 6 heteroatoms.